The van der Waals surface area contributed by atoms with Crippen molar-refractivity contribution in [2.75, 3.05) is 25.5 Å². The number of benzene rings is 1. The quantitative estimate of drug-likeness (QED) is 0.505. The minimum Gasteiger partial charge on any atom is -0.461 e. The van der Waals surface area contributed by atoms with Gasteiger partial charge >= 0.3 is 5.97 Å². The summed E-state index contributed by atoms with van der Waals surface area (Å²) in [6, 6.07) is 6.57. The van der Waals surface area contributed by atoms with Crippen LogP contribution in [0.5, 0.6) is 0 Å². The number of amides is 2. The summed E-state index contributed by atoms with van der Waals surface area (Å²) in [7, 11) is 1.59. The molecule has 0 bridgehead atoms. The molecule has 178 valence electrons. The Balaban J connectivity index is 1.62. The van der Waals surface area contributed by atoms with Crippen molar-refractivity contribution in [3.05, 3.63) is 41.7 Å². The Kier molecular flexibility index (Phi) is 5.87. The van der Waals surface area contributed by atoms with Crippen molar-refractivity contribution in [3.8, 4) is 17.5 Å². The van der Waals surface area contributed by atoms with Gasteiger partial charge in [0.15, 0.2) is 5.69 Å². The molecule has 2 aromatic rings. The Labute approximate surface area is 193 Å². The molecule has 0 spiro atoms. The van der Waals surface area contributed by atoms with Gasteiger partial charge in [-0.25, -0.2) is 18.3 Å². The van der Waals surface area contributed by atoms with Crippen LogP contribution in [0.25, 0.3) is 5.69 Å². The Morgan fingerprint density at radius 1 is 1.38 bits per heavy atom. The monoisotopic (exact) mass is 472 g/mol. The van der Waals surface area contributed by atoms with Crippen LogP contribution in [0.15, 0.2) is 30.5 Å². The van der Waals surface area contributed by atoms with E-state index in [9.17, 15) is 28.3 Å². The lowest BCUT2D eigenvalue weighted by Crippen LogP contribution is -2.37. The molecule has 2 atom stereocenters. The van der Waals surface area contributed by atoms with Gasteiger partial charge in [-0.2, -0.15) is 5.10 Å². The van der Waals surface area contributed by atoms with Crippen LogP contribution in [0.3, 0.4) is 0 Å². The molecule has 2 heterocycles. The number of nitrogens with one attached hydrogen (secondary N) is 1. The Morgan fingerprint density at radius 3 is 2.74 bits per heavy atom. The number of aliphatic hydroxyl groups is 1. The number of halogens is 2. The Bertz CT molecular complexity index is 1230. The first kappa shape index (κ1) is 23.4. The summed E-state index contributed by atoms with van der Waals surface area (Å²) in [5, 5.41) is 17.0. The highest BCUT2D eigenvalue weighted by molar-refractivity contribution is 6.01. The van der Waals surface area contributed by atoms with E-state index in [1.807, 2.05) is 0 Å². The zero-order chi connectivity index (χ0) is 24.7. The molecule has 1 saturated heterocycles. The van der Waals surface area contributed by atoms with Gasteiger partial charge in [-0.15, -0.1) is 0 Å². The SMILES string of the molecule is CCOC(=O)c1nn(-c2cccc(C#C[C@]3(O)CCN(C)C3=O)c2)cc1NC(=O)C1CC1(F)F. The molecule has 1 aromatic carbocycles. The zero-order valence-electron chi connectivity index (χ0n) is 18.5. The molecule has 1 unspecified atom stereocenters. The van der Waals surface area contributed by atoms with Crippen molar-refractivity contribution < 1.29 is 33.0 Å². The summed E-state index contributed by atoms with van der Waals surface area (Å²) < 4.78 is 32.8. The lowest BCUT2D eigenvalue weighted by Gasteiger charge is -2.13. The fraction of sp³-hybridized carbons (Fsp3) is 0.391. The van der Waals surface area contributed by atoms with Crippen molar-refractivity contribution >= 4 is 23.5 Å². The first-order chi connectivity index (χ1) is 16.0. The number of carbonyl (C=O) groups is 3. The largest absolute Gasteiger partial charge is 0.461 e. The summed E-state index contributed by atoms with van der Waals surface area (Å²) in [6.45, 7) is 2.05. The van der Waals surface area contributed by atoms with Gasteiger partial charge in [-0.3, -0.25) is 9.59 Å². The molecule has 4 rings (SSSR count). The third-order valence-corrected chi connectivity index (χ3v) is 5.62. The van der Waals surface area contributed by atoms with E-state index in [-0.39, 0.29) is 24.4 Å². The molecule has 1 aromatic heterocycles. The third kappa shape index (κ3) is 4.49. The van der Waals surface area contributed by atoms with Gasteiger partial charge in [-0.05, 0) is 25.1 Å². The number of likely N-dealkylation sites (N-methyl/N-ethyl adjacent to an activating group) is 1. The third-order valence-electron chi connectivity index (χ3n) is 5.62. The summed E-state index contributed by atoms with van der Waals surface area (Å²) in [4.78, 5) is 38.0. The van der Waals surface area contributed by atoms with E-state index >= 15 is 0 Å². The predicted molar refractivity (Wildman–Crippen MR) is 115 cm³/mol. The molecule has 0 radical (unpaired) electrons. The highest BCUT2D eigenvalue weighted by atomic mass is 19.3. The van der Waals surface area contributed by atoms with Crippen molar-refractivity contribution in [2.24, 2.45) is 5.92 Å². The maximum Gasteiger partial charge on any atom is 0.361 e. The van der Waals surface area contributed by atoms with Gasteiger partial charge in [0.2, 0.25) is 11.5 Å². The first-order valence-corrected chi connectivity index (χ1v) is 10.6. The van der Waals surface area contributed by atoms with E-state index in [2.05, 4.69) is 22.3 Å². The predicted octanol–water partition coefficient (Wildman–Crippen LogP) is 1.59. The molecule has 9 nitrogen and oxygen atoms in total. The smallest absolute Gasteiger partial charge is 0.361 e. The number of rotatable bonds is 5. The standard InChI is InChI=1S/C23H22F2N4O5/c1-3-34-20(31)18-17(26-19(30)16-12-23(16,24)25)13-29(27-18)15-6-4-5-14(11-15)7-8-22(33)9-10-28(2)21(22)32/h4-6,11,13,16,33H,3,9-10,12H2,1-2H3,(H,26,30)/t16?,22-/m0/s1. The lowest BCUT2D eigenvalue weighted by atomic mass is 10.0. The number of likely N-dealkylation sites (tertiary alicyclic amines) is 1. The average Bonchev–Trinajstić information content (AvgIpc) is 3.12. The number of ether oxygens (including phenoxy) is 1. The number of nitrogens with zero attached hydrogens (tertiary/aromatic N) is 3. The number of alkyl halides is 2. The molecule has 1 aliphatic heterocycles. The summed E-state index contributed by atoms with van der Waals surface area (Å²) >= 11 is 0. The molecule has 1 saturated carbocycles. The number of hydrogen-bond acceptors (Lipinski definition) is 6. The molecular formula is C23H22F2N4O5. The number of anilines is 1. The molecule has 34 heavy (non-hydrogen) atoms. The van der Waals surface area contributed by atoms with E-state index < -0.39 is 41.6 Å². The molecule has 2 fully saturated rings. The van der Waals surface area contributed by atoms with Crippen molar-refractivity contribution in [3.63, 3.8) is 0 Å². The average molecular weight is 472 g/mol. The van der Waals surface area contributed by atoms with Gasteiger partial charge in [0.05, 0.1) is 24.2 Å². The summed E-state index contributed by atoms with van der Waals surface area (Å²) in [5.41, 5.74) is -1.14. The molecule has 1 aliphatic carbocycles. The molecule has 2 aliphatic rings. The van der Waals surface area contributed by atoms with Crippen molar-refractivity contribution in [2.45, 2.75) is 31.3 Å². The van der Waals surface area contributed by atoms with Crippen LogP contribution in [-0.4, -0.2) is 69.3 Å². The fourth-order valence-corrected chi connectivity index (χ4v) is 3.54. The number of aromatic nitrogens is 2. The second kappa shape index (κ2) is 8.53. The van der Waals surface area contributed by atoms with E-state index in [0.717, 1.165) is 0 Å². The second-order valence-electron chi connectivity index (χ2n) is 8.20. The van der Waals surface area contributed by atoms with Crippen LogP contribution in [0.1, 0.15) is 35.8 Å². The molecule has 2 amide bonds. The van der Waals surface area contributed by atoms with E-state index in [1.54, 1.807) is 38.2 Å². The van der Waals surface area contributed by atoms with Gasteiger partial charge < -0.3 is 20.1 Å². The van der Waals surface area contributed by atoms with Crippen LogP contribution in [0.4, 0.5) is 14.5 Å². The topological polar surface area (TPSA) is 114 Å². The lowest BCUT2D eigenvalue weighted by molar-refractivity contribution is -0.137. The molecule has 11 heteroatoms. The maximum atomic E-state index is 13.3. The number of hydrogen-bond donors (Lipinski definition) is 2. The van der Waals surface area contributed by atoms with Crippen LogP contribution in [0.2, 0.25) is 0 Å². The summed E-state index contributed by atoms with van der Waals surface area (Å²) in [5.74, 6) is -1.30. The highest BCUT2D eigenvalue weighted by Gasteiger charge is 2.61. The zero-order valence-corrected chi connectivity index (χ0v) is 18.5. The highest BCUT2D eigenvalue weighted by Crippen LogP contribution is 2.49. The van der Waals surface area contributed by atoms with Crippen molar-refractivity contribution in [1.82, 2.24) is 14.7 Å². The van der Waals surface area contributed by atoms with Gasteiger partial charge in [-0.1, -0.05) is 17.9 Å². The minimum absolute atomic E-state index is 0.0572. The van der Waals surface area contributed by atoms with Gasteiger partial charge in [0.1, 0.15) is 5.92 Å². The first-order valence-electron chi connectivity index (χ1n) is 10.6. The van der Waals surface area contributed by atoms with Crippen molar-refractivity contribution in [1.29, 1.82) is 0 Å². The number of esters is 1. The van der Waals surface area contributed by atoms with Gasteiger partial charge in [0.25, 0.3) is 11.8 Å². The maximum absolute atomic E-state index is 13.3. The van der Waals surface area contributed by atoms with Gasteiger partial charge in [0, 0.05) is 32.0 Å². The van der Waals surface area contributed by atoms with Crippen LogP contribution in [-0.2, 0) is 14.3 Å². The van der Waals surface area contributed by atoms with E-state index in [4.69, 9.17) is 4.74 Å². The van der Waals surface area contributed by atoms with Crippen LogP contribution in [0, 0.1) is 17.8 Å². The second-order valence-corrected chi connectivity index (χ2v) is 8.20. The van der Waals surface area contributed by atoms with Crippen LogP contribution < -0.4 is 5.32 Å². The summed E-state index contributed by atoms with van der Waals surface area (Å²) in [6.07, 6.45) is 0.966. The number of carbonyl (C=O) groups excluding carboxylic acids is 3. The Morgan fingerprint density at radius 2 is 2.12 bits per heavy atom. The molecular weight excluding hydrogens is 450 g/mol. The van der Waals surface area contributed by atoms with Crippen LogP contribution >= 0.6 is 0 Å². The van der Waals surface area contributed by atoms with E-state index in [1.165, 1.54) is 15.8 Å². The Hall–Kier alpha value is -3.78. The normalized spacial score (nSPS) is 22.7. The minimum atomic E-state index is -3.06. The fourth-order valence-electron chi connectivity index (χ4n) is 3.54. The van der Waals surface area contributed by atoms with E-state index in [0.29, 0.717) is 17.8 Å². The molecule has 2 N–H and O–H groups in total.